The van der Waals surface area contributed by atoms with Crippen LogP contribution in [0, 0.1) is 0 Å². The van der Waals surface area contributed by atoms with Crippen LogP contribution >= 0.6 is 0 Å². The molecule has 0 saturated heterocycles. The maximum atomic E-state index is 13.0. The van der Waals surface area contributed by atoms with E-state index in [9.17, 15) is 18.0 Å². The number of carbonyl (C=O) groups is 2. The van der Waals surface area contributed by atoms with E-state index in [0.717, 1.165) is 32.2 Å². The van der Waals surface area contributed by atoms with Crippen molar-refractivity contribution >= 4 is 33.2 Å². The standard InChI is InChI=1S/C23H30N4O4S/c1-4-20(27-12-11-17-7-5-6-8-18(17)15-27)14-24-23(29)21-13-19(25-16(2)28)9-10-22(21)26-32(3,30)31/h5-10,13,20,26H,4,11-12,14-15H2,1-3H3,(H,24,29)(H,25,28). The molecular formula is C23H30N4O4S. The summed E-state index contributed by atoms with van der Waals surface area (Å²) in [6.45, 7) is 5.64. The number of amides is 2. The lowest BCUT2D eigenvalue weighted by molar-refractivity contribution is -0.114. The number of anilines is 2. The Hall–Kier alpha value is -2.91. The minimum Gasteiger partial charge on any atom is -0.350 e. The van der Waals surface area contributed by atoms with E-state index in [4.69, 9.17) is 0 Å². The number of hydrogen-bond acceptors (Lipinski definition) is 5. The van der Waals surface area contributed by atoms with Gasteiger partial charge in [-0.1, -0.05) is 31.2 Å². The fourth-order valence-electron chi connectivity index (χ4n) is 3.97. The summed E-state index contributed by atoms with van der Waals surface area (Å²) < 4.78 is 25.9. The molecule has 9 heteroatoms. The number of nitrogens with one attached hydrogen (secondary N) is 3. The topological polar surface area (TPSA) is 108 Å². The lowest BCUT2D eigenvalue weighted by Gasteiger charge is -2.35. The molecule has 0 fully saturated rings. The first kappa shape index (κ1) is 23.7. The Morgan fingerprint density at radius 1 is 1.12 bits per heavy atom. The van der Waals surface area contributed by atoms with Gasteiger partial charge < -0.3 is 10.6 Å². The SMILES string of the molecule is CCC(CNC(=O)c1cc(NC(C)=O)ccc1NS(C)(=O)=O)N1CCc2ccccc2C1. The third-order valence-corrected chi connectivity index (χ3v) is 6.12. The number of rotatable bonds is 8. The zero-order chi connectivity index (χ0) is 23.3. The van der Waals surface area contributed by atoms with Crippen LogP contribution in [0.1, 0.15) is 41.8 Å². The highest BCUT2D eigenvalue weighted by Crippen LogP contribution is 2.23. The van der Waals surface area contributed by atoms with E-state index in [0.29, 0.717) is 12.2 Å². The van der Waals surface area contributed by atoms with Crippen LogP contribution in [-0.2, 0) is 27.8 Å². The van der Waals surface area contributed by atoms with Gasteiger partial charge in [0.15, 0.2) is 0 Å². The molecule has 172 valence electrons. The van der Waals surface area contributed by atoms with Crippen molar-refractivity contribution in [2.75, 3.05) is 29.4 Å². The summed E-state index contributed by atoms with van der Waals surface area (Å²) in [5.41, 5.74) is 3.42. The first-order valence-electron chi connectivity index (χ1n) is 10.6. The number of carbonyl (C=O) groups excluding carboxylic acids is 2. The fraction of sp³-hybridized carbons (Fsp3) is 0.391. The summed E-state index contributed by atoms with van der Waals surface area (Å²) in [5.74, 6) is -0.684. The predicted octanol–water partition coefficient (Wildman–Crippen LogP) is 2.58. The lowest BCUT2D eigenvalue weighted by atomic mass is 9.98. The highest BCUT2D eigenvalue weighted by atomic mass is 32.2. The van der Waals surface area contributed by atoms with E-state index >= 15 is 0 Å². The zero-order valence-corrected chi connectivity index (χ0v) is 19.5. The van der Waals surface area contributed by atoms with Gasteiger partial charge >= 0.3 is 0 Å². The average molecular weight is 459 g/mol. The molecule has 0 aromatic heterocycles. The van der Waals surface area contributed by atoms with Gasteiger partial charge in [0.25, 0.3) is 5.91 Å². The van der Waals surface area contributed by atoms with Crippen molar-refractivity contribution in [2.45, 2.75) is 39.3 Å². The quantitative estimate of drug-likeness (QED) is 0.564. The van der Waals surface area contributed by atoms with Gasteiger partial charge in [-0.25, -0.2) is 8.42 Å². The van der Waals surface area contributed by atoms with Crippen molar-refractivity contribution in [3.63, 3.8) is 0 Å². The molecule has 3 N–H and O–H groups in total. The van der Waals surface area contributed by atoms with Gasteiger partial charge in [0.05, 0.1) is 17.5 Å². The summed E-state index contributed by atoms with van der Waals surface area (Å²) in [4.78, 5) is 26.8. The van der Waals surface area contributed by atoms with Crippen LogP contribution in [0.15, 0.2) is 42.5 Å². The molecule has 2 aromatic carbocycles. The van der Waals surface area contributed by atoms with Gasteiger partial charge in [-0.2, -0.15) is 0 Å². The molecule has 0 saturated carbocycles. The molecule has 0 spiro atoms. The Bertz CT molecular complexity index is 1100. The number of hydrogen-bond donors (Lipinski definition) is 3. The van der Waals surface area contributed by atoms with Crippen molar-refractivity contribution in [2.24, 2.45) is 0 Å². The highest BCUT2D eigenvalue weighted by Gasteiger charge is 2.23. The third kappa shape index (κ3) is 6.30. The summed E-state index contributed by atoms with van der Waals surface area (Å²) in [6, 6.07) is 13.1. The molecule has 1 unspecified atom stereocenters. The monoisotopic (exact) mass is 458 g/mol. The molecule has 1 heterocycles. The smallest absolute Gasteiger partial charge is 0.253 e. The molecule has 3 rings (SSSR count). The summed E-state index contributed by atoms with van der Waals surface area (Å²) in [6.07, 6.45) is 2.86. The largest absolute Gasteiger partial charge is 0.350 e. The second-order valence-corrected chi connectivity index (χ2v) is 9.83. The molecule has 1 aliphatic rings. The Kier molecular flexibility index (Phi) is 7.52. The van der Waals surface area contributed by atoms with Crippen LogP contribution in [0.25, 0.3) is 0 Å². The average Bonchev–Trinajstić information content (AvgIpc) is 2.73. The van der Waals surface area contributed by atoms with Gasteiger partial charge in [-0.3, -0.25) is 19.2 Å². The molecule has 0 radical (unpaired) electrons. The van der Waals surface area contributed by atoms with E-state index in [1.165, 1.54) is 30.2 Å². The van der Waals surface area contributed by atoms with Crippen LogP contribution in [0.5, 0.6) is 0 Å². The van der Waals surface area contributed by atoms with E-state index in [-0.39, 0.29) is 23.2 Å². The fourth-order valence-corrected chi connectivity index (χ4v) is 4.55. The minimum atomic E-state index is -3.58. The Morgan fingerprint density at radius 3 is 2.50 bits per heavy atom. The second-order valence-electron chi connectivity index (χ2n) is 8.08. The summed E-state index contributed by atoms with van der Waals surface area (Å²) in [7, 11) is -3.58. The predicted molar refractivity (Wildman–Crippen MR) is 126 cm³/mol. The molecule has 32 heavy (non-hydrogen) atoms. The number of fused-ring (bicyclic) bond motifs is 1. The van der Waals surface area contributed by atoms with Crippen LogP contribution in [0.2, 0.25) is 0 Å². The Balaban J connectivity index is 1.74. The molecule has 0 aliphatic carbocycles. The van der Waals surface area contributed by atoms with E-state index in [1.54, 1.807) is 6.07 Å². The van der Waals surface area contributed by atoms with Crippen LogP contribution in [-0.4, -0.2) is 50.5 Å². The number of nitrogens with zero attached hydrogens (tertiary/aromatic N) is 1. The van der Waals surface area contributed by atoms with Gasteiger partial charge in [0, 0.05) is 38.3 Å². The van der Waals surface area contributed by atoms with Gasteiger partial charge in [0.1, 0.15) is 0 Å². The van der Waals surface area contributed by atoms with Crippen molar-refractivity contribution in [3.8, 4) is 0 Å². The first-order chi connectivity index (χ1) is 15.2. The Morgan fingerprint density at radius 2 is 1.84 bits per heavy atom. The molecular weight excluding hydrogens is 428 g/mol. The van der Waals surface area contributed by atoms with E-state index in [1.807, 2.05) is 6.07 Å². The first-order valence-corrected chi connectivity index (χ1v) is 12.5. The van der Waals surface area contributed by atoms with Crippen LogP contribution in [0.3, 0.4) is 0 Å². The Labute approximate surface area is 189 Å². The highest BCUT2D eigenvalue weighted by molar-refractivity contribution is 7.92. The third-order valence-electron chi connectivity index (χ3n) is 5.53. The van der Waals surface area contributed by atoms with Gasteiger partial charge in [-0.15, -0.1) is 0 Å². The van der Waals surface area contributed by atoms with Crippen molar-refractivity contribution in [1.82, 2.24) is 10.2 Å². The van der Waals surface area contributed by atoms with Crippen molar-refractivity contribution < 1.29 is 18.0 Å². The second kappa shape index (κ2) is 10.1. The number of sulfonamides is 1. The van der Waals surface area contributed by atoms with Crippen molar-refractivity contribution in [3.05, 3.63) is 59.2 Å². The van der Waals surface area contributed by atoms with E-state index < -0.39 is 15.9 Å². The molecule has 8 nitrogen and oxygen atoms in total. The molecule has 2 aromatic rings. The molecule has 1 atom stereocenters. The molecule has 2 amide bonds. The van der Waals surface area contributed by atoms with Crippen LogP contribution < -0.4 is 15.4 Å². The minimum absolute atomic E-state index is 0.150. The number of benzene rings is 2. The maximum Gasteiger partial charge on any atom is 0.253 e. The summed E-state index contributed by atoms with van der Waals surface area (Å²) in [5, 5.41) is 5.57. The summed E-state index contributed by atoms with van der Waals surface area (Å²) >= 11 is 0. The normalized spacial score (nSPS) is 14.8. The van der Waals surface area contributed by atoms with Crippen LogP contribution in [0.4, 0.5) is 11.4 Å². The molecule has 0 bridgehead atoms. The van der Waals surface area contributed by atoms with Gasteiger partial charge in [-0.05, 0) is 42.2 Å². The van der Waals surface area contributed by atoms with Gasteiger partial charge in [0.2, 0.25) is 15.9 Å². The lowest BCUT2D eigenvalue weighted by Crippen LogP contribution is -2.45. The zero-order valence-electron chi connectivity index (χ0n) is 18.6. The van der Waals surface area contributed by atoms with E-state index in [2.05, 4.69) is 45.4 Å². The molecule has 1 aliphatic heterocycles. The maximum absolute atomic E-state index is 13.0. The van der Waals surface area contributed by atoms with Crippen molar-refractivity contribution in [1.29, 1.82) is 0 Å².